The first-order chi connectivity index (χ1) is 17.8. The van der Waals surface area contributed by atoms with Gasteiger partial charge in [-0.05, 0) is 36.5 Å². The first-order valence-corrected chi connectivity index (χ1v) is 12.7. The number of carbonyl (C=O) groups excluding carboxylic acids is 2. The van der Waals surface area contributed by atoms with E-state index < -0.39 is 11.2 Å². The summed E-state index contributed by atoms with van der Waals surface area (Å²) in [4.78, 5) is 59.3. The van der Waals surface area contributed by atoms with E-state index in [1.807, 2.05) is 23.1 Å². The molecule has 0 aliphatic carbocycles. The normalized spacial score (nSPS) is 16.4. The molecule has 192 valence electrons. The predicted molar refractivity (Wildman–Crippen MR) is 139 cm³/mol. The van der Waals surface area contributed by atoms with Crippen LogP contribution in [0.3, 0.4) is 0 Å². The summed E-state index contributed by atoms with van der Waals surface area (Å²) in [6, 6.07) is 9.77. The van der Waals surface area contributed by atoms with E-state index in [2.05, 4.69) is 11.1 Å². The number of piperidine rings is 1. The molecule has 2 amide bonds. The number of carbonyl (C=O) groups is 2. The van der Waals surface area contributed by atoms with Crippen molar-refractivity contribution in [1.29, 1.82) is 0 Å². The minimum atomic E-state index is -0.568. The van der Waals surface area contributed by atoms with Crippen LogP contribution >= 0.6 is 11.6 Å². The molecule has 37 heavy (non-hydrogen) atoms. The summed E-state index contributed by atoms with van der Waals surface area (Å²) in [5.74, 6) is -0.0708. The highest BCUT2D eigenvalue weighted by atomic mass is 35.5. The number of halogens is 1. The van der Waals surface area contributed by atoms with Gasteiger partial charge in [0.25, 0.3) is 5.56 Å². The van der Waals surface area contributed by atoms with Gasteiger partial charge in [0.1, 0.15) is 6.54 Å². The van der Waals surface area contributed by atoms with Gasteiger partial charge >= 0.3 is 5.69 Å². The van der Waals surface area contributed by atoms with E-state index in [9.17, 15) is 19.2 Å². The summed E-state index contributed by atoms with van der Waals surface area (Å²) in [7, 11) is 1.38. The number of rotatable bonds is 4. The number of hydrogen-bond donors (Lipinski definition) is 0. The summed E-state index contributed by atoms with van der Waals surface area (Å²) in [5.41, 5.74) is 1.98. The van der Waals surface area contributed by atoms with Crippen LogP contribution in [-0.2, 0) is 36.0 Å². The SMILES string of the molecule is Cn1c(=O)c(-c2cncc(Cl)c2)cn(CC(=O)N2CCC(N3CCc4ccccc4CC3=O)CC2)c1=O. The smallest absolute Gasteiger partial charge is 0.331 e. The molecule has 4 heterocycles. The zero-order valence-corrected chi connectivity index (χ0v) is 21.4. The molecule has 0 spiro atoms. The largest absolute Gasteiger partial charge is 0.341 e. The van der Waals surface area contributed by atoms with Crippen molar-refractivity contribution < 1.29 is 9.59 Å². The summed E-state index contributed by atoms with van der Waals surface area (Å²) in [6.45, 7) is 1.51. The maximum Gasteiger partial charge on any atom is 0.331 e. The molecule has 5 rings (SSSR count). The number of benzene rings is 1. The second-order valence-corrected chi connectivity index (χ2v) is 10.0. The zero-order chi connectivity index (χ0) is 26.1. The van der Waals surface area contributed by atoms with Crippen LogP contribution in [0.4, 0.5) is 0 Å². The average Bonchev–Trinajstić information content (AvgIpc) is 3.07. The molecule has 0 N–H and O–H groups in total. The van der Waals surface area contributed by atoms with Gasteiger partial charge in [0.2, 0.25) is 11.8 Å². The van der Waals surface area contributed by atoms with Gasteiger partial charge in [-0.3, -0.25) is 28.5 Å². The van der Waals surface area contributed by atoms with E-state index in [-0.39, 0.29) is 30.0 Å². The molecule has 0 bridgehead atoms. The lowest BCUT2D eigenvalue weighted by Gasteiger charge is -2.38. The first kappa shape index (κ1) is 25.0. The molecule has 10 heteroatoms. The molecular formula is C27H28ClN5O4. The summed E-state index contributed by atoms with van der Waals surface area (Å²) in [6.07, 6.45) is 6.97. The highest BCUT2D eigenvalue weighted by molar-refractivity contribution is 6.30. The molecule has 2 aliphatic heterocycles. The first-order valence-electron chi connectivity index (χ1n) is 12.4. The van der Waals surface area contributed by atoms with Crippen LogP contribution in [0, 0.1) is 0 Å². The van der Waals surface area contributed by atoms with E-state index in [0.717, 1.165) is 16.6 Å². The van der Waals surface area contributed by atoms with Gasteiger partial charge in [-0.2, -0.15) is 0 Å². The molecule has 0 unspecified atom stereocenters. The van der Waals surface area contributed by atoms with Crippen LogP contribution in [0.15, 0.2) is 58.5 Å². The van der Waals surface area contributed by atoms with Crippen LogP contribution in [0.1, 0.15) is 24.0 Å². The number of likely N-dealkylation sites (tertiary alicyclic amines) is 1. The Bertz CT molecular complexity index is 1470. The van der Waals surface area contributed by atoms with E-state index in [1.165, 1.54) is 35.8 Å². The van der Waals surface area contributed by atoms with Crippen molar-refractivity contribution in [3.8, 4) is 11.1 Å². The Labute approximate surface area is 218 Å². The van der Waals surface area contributed by atoms with Crippen molar-refractivity contribution in [2.75, 3.05) is 19.6 Å². The molecule has 0 saturated carbocycles. The standard InChI is InChI=1S/C27H28ClN5O4/c1-30-26(36)23(20-12-21(28)15-29-14-20)16-32(27(30)37)17-25(35)31-9-7-22(8-10-31)33-11-6-18-4-2-3-5-19(18)13-24(33)34/h2-5,12,14-16,22H,6-11,13,17H2,1H3. The Kier molecular flexibility index (Phi) is 6.97. The highest BCUT2D eigenvalue weighted by Gasteiger charge is 2.31. The Balaban J connectivity index is 1.26. The van der Waals surface area contributed by atoms with E-state index in [0.29, 0.717) is 49.5 Å². The number of aromatic nitrogens is 3. The van der Waals surface area contributed by atoms with Crippen molar-refractivity contribution in [2.45, 2.75) is 38.3 Å². The third kappa shape index (κ3) is 5.09. The molecular weight excluding hydrogens is 494 g/mol. The monoisotopic (exact) mass is 521 g/mol. The Morgan fingerprint density at radius 3 is 2.51 bits per heavy atom. The van der Waals surface area contributed by atoms with Crippen molar-refractivity contribution >= 4 is 23.4 Å². The van der Waals surface area contributed by atoms with Gasteiger partial charge in [-0.25, -0.2) is 4.79 Å². The lowest BCUT2D eigenvalue weighted by atomic mass is 10.0. The van der Waals surface area contributed by atoms with Gasteiger partial charge < -0.3 is 9.80 Å². The molecule has 2 aliphatic rings. The third-order valence-electron chi connectivity index (χ3n) is 7.33. The number of fused-ring (bicyclic) bond motifs is 1. The van der Waals surface area contributed by atoms with E-state index >= 15 is 0 Å². The molecule has 1 aromatic carbocycles. The second kappa shape index (κ2) is 10.3. The molecule has 0 radical (unpaired) electrons. The van der Waals surface area contributed by atoms with Crippen LogP contribution in [-0.4, -0.2) is 61.4 Å². The van der Waals surface area contributed by atoms with Crippen molar-refractivity contribution in [1.82, 2.24) is 23.9 Å². The minimum absolute atomic E-state index is 0.0908. The fourth-order valence-electron chi connectivity index (χ4n) is 5.26. The Hall–Kier alpha value is -3.72. The fourth-order valence-corrected chi connectivity index (χ4v) is 5.43. The van der Waals surface area contributed by atoms with Gasteiger partial charge in [-0.1, -0.05) is 35.9 Å². The van der Waals surface area contributed by atoms with Gasteiger partial charge in [0.15, 0.2) is 0 Å². The average molecular weight is 522 g/mol. The van der Waals surface area contributed by atoms with E-state index in [4.69, 9.17) is 11.6 Å². The maximum atomic E-state index is 13.1. The van der Waals surface area contributed by atoms with Crippen molar-refractivity contribution in [3.05, 3.63) is 85.9 Å². The third-order valence-corrected chi connectivity index (χ3v) is 7.54. The topological polar surface area (TPSA) is 97.5 Å². The quantitative estimate of drug-likeness (QED) is 0.522. The van der Waals surface area contributed by atoms with Crippen LogP contribution in [0.5, 0.6) is 0 Å². The van der Waals surface area contributed by atoms with E-state index in [1.54, 1.807) is 11.0 Å². The van der Waals surface area contributed by atoms with Gasteiger partial charge in [-0.15, -0.1) is 0 Å². The molecule has 1 fully saturated rings. The lowest BCUT2D eigenvalue weighted by Crippen LogP contribution is -2.50. The summed E-state index contributed by atoms with van der Waals surface area (Å²) in [5, 5.41) is 0.364. The summed E-state index contributed by atoms with van der Waals surface area (Å²) >= 11 is 6.03. The second-order valence-electron chi connectivity index (χ2n) is 9.60. The Morgan fingerprint density at radius 1 is 1.05 bits per heavy atom. The molecule has 1 saturated heterocycles. The lowest BCUT2D eigenvalue weighted by molar-refractivity contribution is -0.136. The molecule has 0 atom stereocenters. The maximum absolute atomic E-state index is 13.1. The van der Waals surface area contributed by atoms with Gasteiger partial charge in [0, 0.05) is 56.9 Å². The van der Waals surface area contributed by atoms with Crippen molar-refractivity contribution in [3.63, 3.8) is 0 Å². The van der Waals surface area contributed by atoms with Gasteiger partial charge in [0.05, 0.1) is 17.0 Å². The molecule has 2 aromatic heterocycles. The van der Waals surface area contributed by atoms with Crippen LogP contribution in [0.25, 0.3) is 11.1 Å². The predicted octanol–water partition coefficient (Wildman–Crippen LogP) is 1.88. The Morgan fingerprint density at radius 2 is 1.78 bits per heavy atom. The number of amides is 2. The van der Waals surface area contributed by atoms with Crippen LogP contribution in [0.2, 0.25) is 5.02 Å². The molecule has 9 nitrogen and oxygen atoms in total. The fraction of sp³-hybridized carbons (Fsp3) is 0.370. The highest BCUT2D eigenvalue weighted by Crippen LogP contribution is 2.23. The number of hydrogen-bond acceptors (Lipinski definition) is 5. The zero-order valence-electron chi connectivity index (χ0n) is 20.6. The summed E-state index contributed by atoms with van der Waals surface area (Å²) < 4.78 is 2.24. The van der Waals surface area contributed by atoms with Crippen LogP contribution < -0.4 is 11.2 Å². The minimum Gasteiger partial charge on any atom is -0.341 e. The van der Waals surface area contributed by atoms with Crippen molar-refractivity contribution in [2.24, 2.45) is 7.05 Å². The number of nitrogens with zero attached hydrogens (tertiary/aromatic N) is 5. The molecule has 3 aromatic rings. The number of pyridine rings is 1.